The number of hydrogen-bond donors (Lipinski definition) is 2. The Morgan fingerprint density at radius 3 is 2.26 bits per heavy atom. The topological polar surface area (TPSA) is 79.9 Å². The van der Waals surface area contributed by atoms with Gasteiger partial charge in [-0.15, -0.1) is 0 Å². The zero-order valence-electron chi connectivity index (χ0n) is 16.2. The van der Waals surface area contributed by atoms with Gasteiger partial charge in [-0.05, 0) is 35.8 Å². The Balaban J connectivity index is 1.99. The first-order chi connectivity index (χ1) is 12.5. The lowest BCUT2D eigenvalue weighted by Crippen LogP contribution is -2.43. The van der Waals surface area contributed by atoms with E-state index >= 15 is 0 Å². The van der Waals surface area contributed by atoms with E-state index < -0.39 is 8.32 Å². The minimum atomic E-state index is -1.94. The average Bonchev–Trinajstić information content (AvgIpc) is 2.54. The lowest BCUT2D eigenvalue weighted by atomic mass is 10.0. The van der Waals surface area contributed by atoms with E-state index in [0.29, 0.717) is 11.1 Å². The van der Waals surface area contributed by atoms with Crippen molar-refractivity contribution < 1.29 is 19.1 Å². The molecule has 0 aliphatic heterocycles. The van der Waals surface area contributed by atoms with Crippen molar-refractivity contribution in [3.05, 3.63) is 52.9 Å². The van der Waals surface area contributed by atoms with Gasteiger partial charge in [0.25, 0.3) is 0 Å². The summed E-state index contributed by atoms with van der Waals surface area (Å²) in [6.45, 7) is 10.9. The van der Waals surface area contributed by atoms with Gasteiger partial charge in [0.05, 0.1) is 5.56 Å². The van der Waals surface area contributed by atoms with Crippen molar-refractivity contribution in [1.29, 1.82) is 0 Å². The Morgan fingerprint density at radius 1 is 1.04 bits per heavy atom. The first-order valence-corrected chi connectivity index (χ1v) is 11.7. The number of phenols is 2. The molecule has 2 aromatic carbocycles. The van der Waals surface area contributed by atoms with Crippen LogP contribution in [0, 0.1) is 0 Å². The maximum absolute atomic E-state index is 12.8. The molecule has 3 aromatic rings. The molecule has 0 radical (unpaired) electrons. The molecule has 0 amide bonds. The number of rotatable bonds is 3. The summed E-state index contributed by atoms with van der Waals surface area (Å²) in [5, 5.41) is 19.7. The second-order valence-electron chi connectivity index (χ2n) is 8.20. The Hall–Kier alpha value is -2.73. The third-order valence-electron chi connectivity index (χ3n) is 5.19. The summed E-state index contributed by atoms with van der Waals surface area (Å²) >= 11 is 0. The third kappa shape index (κ3) is 3.57. The maximum atomic E-state index is 12.8. The molecule has 142 valence electrons. The predicted octanol–water partition coefficient (Wildman–Crippen LogP) is 5.26. The molecule has 0 bridgehead atoms. The van der Waals surface area contributed by atoms with Crippen LogP contribution in [0.4, 0.5) is 0 Å². The van der Waals surface area contributed by atoms with Gasteiger partial charge in [-0.2, -0.15) is 0 Å². The average molecular weight is 385 g/mol. The second kappa shape index (κ2) is 6.46. The normalized spacial score (nSPS) is 12.3. The molecule has 0 aliphatic carbocycles. The van der Waals surface area contributed by atoms with Crippen molar-refractivity contribution in [3.8, 4) is 28.4 Å². The van der Waals surface area contributed by atoms with Crippen LogP contribution in [0.2, 0.25) is 18.1 Å². The van der Waals surface area contributed by atoms with E-state index in [0.717, 1.165) is 11.8 Å². The molecule has 0 saturated heterocycles. The van der Waals surface area contributed by atoms with Crippen molar-refractivity contribution >= 4 is 19.3 Å². The molecule has 0 saturated carbocycles. The summed E-state index contributed by atoms with van der Waals surface area (Å²) in [6, 6.07) is 9.72. The summed E-state index contributed by atoms with van der Waals surface area (Å²) in [4.78, 5) is 12.8. The molecule has 0 fully saturated rings. The first kappa shape index (κ1) is 19.0. The van der Waals surface area contributed by atoms with Crippen LogP contribution >= 0.6 is 0 Å². The zero-order chi connectivity index (χ0) is 20.0. The molecule has 0 atom stereocenters. The fourth-order valence-corrected chi connectivity index (χ4v) is 3.60. The minimum Gasteiger partial charge on any atom is -0.544 e. The van der Waals surface area contributed by atoms with E-state index in [4.69, 9.17) is 8.84 Å². The van der Waals surface area contributed by atoms with Gasteiger partial charge < -0.3 is 19.1 Å². The van der Waals surface area contributed by atoms with Gasteiger partial charge in [0.2, 0.25) is 13.7 Å². The van der Waals surface area contributed by atoms with Gasteiger partial charge in [0.15, 0.2) is 0 Å². The quantitative estimate of drug-likeness (QED) is 0.603. The molecule has 0 unspecified atom stereocenters. The predicted molar refractivity (Wildman–Crippen MR) is 109 cm³/mol. The molecule has 1 heterocycles. The van der Waals surface area contributed by atoms with Crippen LogP contribution in [0.1, 0.15) is 20.8 Å². The van der Waals surface area contributed by atoms with E-state index in [1.807, 2.05) is 12.1 Å². The summed E-state index contributed by atoms with van der Waals surface area (Å²) in [5.41, 5.74) is 0.786. The molecular weight excluding hydrogens is 360 g/mol. The van der Waals surface area contributed by atoms with Crippen molar-refractivity contribution in [2.75, 3.05) is 0 Å². The van der Waals surface area contributed by atoms with E-state index in [2.05, 4.69) is 33.9 Å². The third-order valence-corrected chi connectivity index (χ3v) is 9.54. The van der Waals surface area contributed by atoms with Gasteiger partial charge in [-0.25, -0.2) is 0 Å². The van der Waals surface area contributed by atoms with Gasteiger partial charge in [0.1, 0.15) is 34.5 Å². The molecule has 5 nitrogen and oxygen atoms in total. The standard InChI is InChI=1S/C21H24O5Si/c1-21(2,3)27(4,5)26-15-8-6-13(7-9-15)16-12-25-18-11-14(22)10-17(23)19(18)20(16)24/h6-12,22-23H,1-5H3. The Bertz CT molecular complexity index is 1040. The van der Waals surface area contributed by atoms with Gasteiger partial charge in [-0.3, -0.25) is 4.79 Å². The lowest BCUT2D eigenvalue weighted by Gasteiger charge is -2.36. The highest BCUT2D eigenvalue weighted by Gasteiger charge is 2.38. The van der Waals surface area contributed by atoms with Gasteiger partial charge >= 0.3 is 0 Å². The monoisotopic (exact) mass is 384 g/mol. The van der Waals surface area contributed by atoms with Crippen LogP contribution < -0.4 is 9.85 Å². The molecule has 0 aliphatic rings. The molecule has 2 N–H and O–H groups in total. The lowest BCUT2D eigenvalue weighted by molar-refractivity contribution is 0.452. The number of fused-ring (bicyclic) bond motifs is 1. The molecule has 27 heavy (non-hydrogen) atoms. The van der Waals surface area contributed by atoms with Crippen LogP contribution in [0.5, 0.6) is 17.2 Å². The molecular formula is C21H24O5Si. The molecule has 1 aromatic heterocycles. The Kier molecular flexibility index (Phi) is 4.55. The van der Waals surface area contributed by atoms with Crippen LogP contribution in [0.25, 0.3) is 22.1 Å². The van der Waals surface area contributed by atoms with Gasteiger partial charge in [0, 0.05) is 12.1 Å². The van der Waals surface area contributed by atoms with Crippen LogP contribution in [-0.2, 0) is 0 Å². The highest BCUT2D eigenvalue weighted by atomic mass is 28.4. The molecule has 6 heteroatoms. The van der Waals surface area contributed by atoms with Crippen LogP contribution in [-0.4, -0.2) is 18.5 Å². The Labute approximate surface area is 159 Å². The fourth-order valence-electron chi connectivity index (χ4n) is 2.57. The van der Waals surface area contributed by atoms with E-state index in [9.17, 15) is 15.0 Å². The Morgan fingerprint density at radius 2 is 1.67 bits per heavy atom. The first-order valence-electron chi connectivity index (χ1n) is 8.76. The SMILES string of the molecule is CC(C)(C)[Si](C)(C)Oc1ccc(-c2coc3cc(O)cc(O)c3c2=O)cc1. The van der Waals surface area contributed by atoms with E-state index in [-0.39, 0.29) is 32.9 Å². The largest absolute Gasteiger partial charge is 0.544 e. The second-order valence-corrected chi connectivity index (χ2v) is 12.9. The smallest absolute Gasteiger partial charge is 0.250 e. The van der Waals surface area contributed by atoms with Crippen LogP contribution in [0.3, 0.4) is 0 Å². The number of phenolic OH excluding ortho intramolecular Hbond substituents is 2. The van der Waals surface area contributed by atoms with Gasteiger partial charge in [-0.1, -0.05) is 32.9 Å². The van der Waals surface area contributed by atoms with E-state index in [1.54, 1.807) is 12.1 Å². The highest BCUT2D eigenvalue weighted by molar-refractivity contribution is 6.74. The maximum Gasteiger partial charge on any atom is 0.250 e. The number of hydrogen-bond acceptors (Lipinski definition) is 5. The summed E-state index contributed by atoms with van der Waals surface area (Å²) in [6.07, 6.45) is 1.34. The van der Waals surface area contributed by atoms with Crippen molar-refractivity contribution in [2.45, 2.75) is 38.9 Å². The summed E-state index contributed by atoms with van der Waals surface area (Å²) < 4.78 is 11.7. The molecule has 3 rings (SSSR count). The van der Waals surface area contributed by atoms with Crippen molar-refractivity contribution in [1.82, 2.24) is 0 Å². The zero-order valence-corrected chi connectivity index (χ0v) is 17.2. The fraction of sp³-hybridized carbons (Fsp3) is 0.286. The number of benzene rings is 2. The number of aromatic hydroxyl groups is 2. The molecule has 0 spiro atoms. The van der Waals surface area contributed by atoms with Crippen molar-refractivity contribution in [2.24, 2.45) is 0 Å². The summed E-state index contributed by atoms with van der Waals surface area (Å²) in [7, 11) is -1.94. The van der Waals surface area contributed by atoms with Crippen molar-refractivity contribution in [3.63, 3.8) is 0 Å². The minimum absolute atomic E-state index is 0.0481. The highest BCUT2D eigenvalue weighted by Crippen LogP contribution is 2.37. The summed E-state index contributed by atoms with van der Waals surface area (Å²) in [5.74, 6) is 0.296. The van der Waals surface area contributed by atoms with E-state index in [1.165, 1.54) is 12.3 Å². The van der Waals surface area contributed by atoms with Crippen LogP contribution in [0.15, 0.2) is 51.9 Å².